The van der Waals surface area contributed by atoms with Gasteiger partial charge in [-0.15, -0.1) is 0 Å². The van der Waals surface area contributed by atoms with Crippen molar-refractivity contribution in [1.82, 2.24) is 0 Å². The van der Waals surface area contributed by atoms with Gasteiger partial charge < -0.3 is 15.8 Å². The Hall–Kier alpha value is -1.39. The normalized spacial score (nSPS) is 21.2. The highest BCUT2D eigenvalue weighted by atomic mass is 16.5. The first-order chi connectivity index (χ1) is 10.2. The molecule has 1 aromatic rings. The summed E-state index contributed by atoms with van der Waals surface area (Å²) in [5.41, 5.74) is 8.91. The Kier molecular flexibility index (Phi) is 4.27. The quantitative estimate of drug-likeness (QED) is 0.822. The molecule has 1 amide bonds. The summed E-state index contributed by atoms with van der Waals surface area (Å²) in [6.07, 6.45) is 6.92. The molecule has 0 saturated heterocycles. The van der Waals surface area contributed by atoms with Crippen molar-refractivity contribution in [3.63, 3.8) is 0 Å². The third-order valence-electron chi connectivity index (χ3n) is 4.73. The Bertz CT molecular complexity index is 520. The van der Waals surface area contributed by atoms with Gasteiger partial charge in [-0.25, -0.2) is 0 Å². The maximum atomic E-state index is 12.7. The molecule has 4 nitrogen and oxygen atoms in total. The number of carbonyl (C=O) groups is 1. The molecule has 0 unspecified atom stereocenters. The highest BCUT2D eigenvalue weighted by molar-refractivity contribution is 5.98. The van der Waals surface area contributed by atoms with Crippen LogP contribution in [0, 0.1) is 0 Å². The minimum atomic E-state index is -0.714. The lowest BCUT2D eigenvalue weighted by Crippen LogP contribution is -2.50. The minimum Gasteiger partial charge on any atom is -0.376 e. The molecule has 1 saturated carbocycles. The summed E-state index contributed by atoms with van der Waals surface area (Å²) < 4.78 is 5.53. The second kappa shape index (κ2) is 6.16. The number of fused-ring (bicyclic) bond motifs is 1. The number of rotatable bonds is 2. The van der Waals surface area contributed by atoms with Gasteiger partial charge in [-0.2, -0.15) is 0 Å². The number of hydrogen-bond acceptors (Lipinski definition) is 3. The molecule has 4 heteroatoms. The molecule has 0 aromatic heterocycles. The predicted molar refractivity (Wildman–Crippen MR) is 83.1 cm³/mol. The molecule has 1 aliphatic heterocycles. The van der Waals surface area contributed by atoms with Gasteiger partial charge in [0.1, 0.15) is 0 Å². The first-order valence-electron chi connectivity index (χ1n) is 7.98. The first-order valence-corrected chi connectivity index (χ1v) is 7.98. The van der Waals surface area contributed by atoms with Crippen molar-refractivity contribution < 1.29 is 9.53 Å². The van der Waals surface area contributed by atoms with Crippen LogP contribution < -0.4 is 11.1 Å². The van der Waals surface area contributed by atoms with E-state index in [1.165, 1.54) is 18.4 Å². The third kappa shape index (κ3) is 3.11. The fourth-order valence-electron chi connectivity index (χ4n) is 3.35. The summed E-state index contributed by atoms with van der Waals surface area (Å²) in [5.74, 6) is -0.0385. The maximum absolute atomic E-state index is 12.7. The number of anilines is 1. The number of amides is 1. The number of nitrogens with two attached hydrogens (primary N) is 1. The van der Waals surface area contributed by atoms with E-state index in [0.29, 0.717) is 6.61 Å². The fourth-order valence-corrected chi connectivity index (χ4v) is 3.35. The van der Waals surface area contributed by atoms with Crippen LogP contribution in [0.3, 0.4) is 0 Å². The van der Waals surface area contributed by atoms with Gasteiger partial charge in [0.25, 0.3) is 0 Å². The number of nitrogens with one attached hydrogen (secondary N) is 1. The van der Waals surface area contributed by atoms with E-state index in [0.717, 1.165) is 50.0 Å². The molecule has 0 radical (unpaired) electrons. The van der Waals surface area contributed by atoms with Gasteiger partial charge in [-0.3, -0.25) is 4.79 Å². The highest BCUT2D eigenvalue weighted by Crippen LogP contribution is 2.29. The molecule has 2 aliphatic rings. The van der Waals surface area contributed by atoms with Gasteiger partial charge in [-0.1, -0.05) is 37.8 Å². The van der Waals surface area contributed by atoms with E-state index >= 15 is 0 Å². The molecule has 3 rings (SSSR count). The van der Waals surface area contributed by atoms with E-state index in [1.54, 1.807) is 0 Å². The van der Waals surface area contributed by atoms with Crippen molar-refractivity contribution >= 4 is 11.6 Å². The molecule has 114 valence electrons. The molecule has 0 spiro atoms. The lowest BCUT2D eigenvalue weighted by atomic mass is 9.90. The Balaban J connectivity index is 1.78. The summed E-state index contributed by atoms with van der Waals surface area (Å²) in [6, 6.07) is 6.05. The largest absolute Gasteiger partial charge is 0.376 e. The molecule has 21 heavy (non-hydrogen) atoms. The van der Waals surface area contributed by atoms with E-state index in [-0.39, 0.29) is 5.91 Å². The molecule has 1 aliphatic carbocycles. The molecule has 0 bridgehead atoms. The number of hydrogen-bond donors (Lipinski definition) is 2. The fraction of sp³-hybridized carbons (Fsp3) is 0.588. The highest BCUT2D eigenvalue weighted by Gasteiger charge is 2.34. The van der Waals surface area contributed by atoms with Crippen LogP contribution >= 0.6 is 0 Å². The van der Waals surface area contributed by atoms with Crippen LogP contribution in [0.2, 0.25) is 0 Å². The molecule has 1 fully saturated rings. The monoisotopic (exact) mass is 288 g/mol. The Morgan fingerprint density at radius 2 is 1.95 bits per heavy atom. The lowest BCUT2D eigenvalue weighted by molar-refractivity contribution is -0.121. The summed E-state index contributed by atoms with van der Waals surface area (Å²) >= 11 is 0. The molecule has 1 heterocycles. The topological polar surface area (TPSA) is 64.4 Å². The van der Waals surface area contributed by atoms with Crippen LogP contribution in [0.5, 0.6) is 0 Å². The second-order valence-corrected chi connectivity index (χ2v) is 6.27. The van der Waals surface area contributed by atoms with Crippen LogP contribution in [0.15, 0.2) is 18.2 Å². The number of benzene rings is 1. The number of ether oxygens (including phenoxy) is 1. The minimum absolute atomic E-state index is 0.0385. The van der Waals surface area contributed by atoms with Crippen molar-refractivity contribution in [3.05, 3.63) is 29.3 Å². The summed E-state index contributed by atoms with van der Waals surface area (Å²) in [7, 11) is 0. The summed E-state index contributed by atoms with van der Waals surface area (Å²) in [6.45, 7) is 1.33. The molecule has 1 aromatic carbocycles. The van der Waals surface area contributed by atoms with E-state index in [4.69, 9.17) is 10.5 Å². The summed E-state index contributed by atoms with van der Waals surface area (Å²) in [5, 5.41) is 3.06. The Morgan fingerprint density at radius 1 is 1.19 bits per heavy atom. The van der Waals surface area contributed by atoms with Gasteiger partial charge in [0.05, 0.1) is 18.8 Å². The Labute approximate surface area is 126 Å². The molecular weight excluding hydrogens is 264 g/mol. The van der Waals surface area contributed by atoms with E-state index in [1.807, 2.05) is 12.1 Å². The van der Waals surface area contributed by atoms with E-state index in [9.17, 15) is 4.79 Å². The van der Waals surface area contributed by atoms with E-state index < -0.39 is 5.54 Å². The number of carbonyl (C=O) groups excluding carboxylic acids is 1. The van der Waals surface area contributed by atoms with Gasteiger partial charge >= 0.3 is 0 Å². The van der Waals surface area contributed by atoms with Crippen LogP contribution in [-0.4, -0.2) is 18.1 Å². The first kappa shape index (κ1) is 14.5. The van der Waals surface area contributed by atoms with Gasteiger partial charge in [0.2, 0.25) is 5.91 Å². The third-order valence-corrected chi connectivity index (χ3v) is 4.73. The molecule has 0 atom stereocenters. The smallest absolute Gasteiger partial charge is 0.244 e. The van der Waals surface area contributed by atoms with Crippen LogP contribution in [-0.2, 0) is 22.6 Å². The molecular formula is C17H24N2O2. The van der Waals surface area contributed by atoms with Crippen molar-refractivity contribution in [2.75, 3.05) is 11.9 Å². The standard InChI is InChI=1S/C17H24N2O2/c18-17(9-3-1-2-4-10-17)16(20)19-15-7-5-6-13-8-11-21-12-14(13)15/h5-7H,1-4,8-12,18H2,(H,19,20). The van der Waals surface area contributed by atoms with Crippen molar-refractivity contribution in [1.29, 1.82) is 0 Å². The zero-order valence-electron chi connectivity index (χ0n) is 12.5. The van der Waals surface area contributed by atoms with Crippen LogP contribution in [0.1, 0.15) is 49.7 Å². The zero-order valence-corrected chi connectivity index (χ0v) is 12.5. The average molecular weight is 288 g/mol. The van der Waals surface area contributed by atoms with Gasteiger partial charge in [0, 0.05) is 11.3 Å². The Morgan fingerprint density at radius 3 is 2.71 bits per heavy atom. The average Bonchev–Trinajstić information content (AvgIpc) is 2.73. The van der Waals surface area contributed by atoms with E-state index in [2.05, 4.69) is 11.4 Å². The maximum Gasteiger partial charge on any atom is 0.244 e. The summed E-state index contributed by atoms with van der Waals surface area (Å²) in [4.78, 5) is 12.7. The van der Waals surface area contributed by atoms with Gasteiger partial charge in [0.15, 0.2) is 0 Å². The van der Waals surface area contributed by atoms with Crippen molar-refractivity contribution in [2.24, 2.45) is 5.73 Å². The van der Waals surface area contributed by atoms with Gasteiger partial charge in [-0.05, 0) is 30.9 Å². The SMILES string of the molecule is NC1(C(=O)Nc2cccc3c2COCC3)CCCCCC1. The van der Waals surface area contributed by atoms with Crippen molar-refractivity contribution in [2.45, 2.75) is 57.1 Å². The second-order valence-electron chi connectivity index (χ2n) is 6.27. The zero-order chi connectivity index (χ0) is 14.7. The lowest BCUT2D eigenvalue weighted by Gasteiger charge is -2.28. The van der Waals surface area contributed by atoms with Crippen LogP contribution in [0.25, 0.3) is 0 Å². The van der Waals surface area contributed by atoms with Crippen LogP contribution in [0.4, 0.5) is 5.69 Å². The predicted octanol–water partition coefficient (Wildman–Crippen LogP) is 2.75. The molecule has 3 N–H and O–H groups in total. The van der Waals surface area contributed by atoms with Crippen molar-refractivity contribution in [3.8, 4) is 0 Å².